The number of sulfonamides is 1. The van der Waals surface area contributed by atoms with Crippen LogP contribution in [-0.4, -0.2) is 40.7 Å². The molecule has 1 aliphatic carbocycles. The van der Waals surface area contributed by atoms with Gasteiger partial charge in [0.2, 0.25) is 0 Å². The molecule has 1 atom stereocenters. The highest BCUT2D eigenvalue weighted by atomic mass is 32.2. The molecule has 1 aliphatic rings. The Balaban J connectivity index is 1.11. The van der Waals surface area contributed by atoms with Crippen LogP contribution in [0.2, 0.25) is 0 Å². The molecule has 2 heterocycles. The fourth-order valence-electron chi connectivity index (χ4n) is 5.53. The Morgan fingerprint density at radius 2 is 1.76 bits per heavy atom. The standard InChI is InChI=1S/C32H39N5O4S/c38-31(27-8-3-18-33-23-27)24-34-19-17-26-9-11-28(12-10-26)35-42(40,41)30-15-13-29(14-16-30)37-22-21-36(32(37)39)20-4-7-25-5-1-2-6-25/h3,8-16,18,21-23,25,31,34-35,38H,1-2,4-7,17,19-20,24H2/t31-/m0/s1. The van der Waals surface area contributed by atoms with E-state index in [0.29, 0.717) is 31.0 Å². The van der Waals surface area contributed by atoms with Gasteiger partial charge in [-0.3, -0.25) is 18.8 Å². The molecule has 0 bridgehead atoms. The van der Waals surface area contributed by atoms with Gasteiger partial charge in [0.05, 0.1) is 16.7 Å². The largest absolute Gasteiger partial charge is 0.387 e. The van der Waals surface area contributed by atoms with Crippen molar-refractivity contribution in [3.8, 4) is 5.69 Å². The van der Waals surface area contributed by atoms with Gasteiger partial charge in [0.15, 0.2) is 0 Å². The molecule has 1 fully saturated rings. The van der Waals surface area contributed by atoms with Crippen molar-refractivity contribution in [2.75, 3.05) is 17.8 Å². The van der Waals surface area contributed by atoms with Gasteiger partial charge < -0.3 is 10.4 Å². The second kappa shape index (κ2) is 14.0. The lowest BCUT2D eigenvalue weighted by molar-refractivity contribution is 0.174. The van der Waals surface area contributed by atoms with Crippen LogP contribution in [0.15, 0.2) is 95.1 Å². The SMILES string of the molecule is O=c1n(CCCC2CCCC2)ccn1-c1ccc(S(=O)(=O)Nc2ccc(CCNC[C@H](O)c3cccnc3)cc2)cc1. The van der Waals surface area contributed by atoms with Gasteiger partial charge in [0, 0.05) is 49.1 Å². The number of aromatic nitrogens is 3. The number of nitrogens with zero attached hydrogens (tertiary/aromatic N) is 3. The van der Waals surface area contributed by atoms with Gasteiger partial charge >= 0.3 is 5.69 Å². The number of aliphatic hydroxyl groups is 1. The summed E-state index contributed by atoms with van der Waals surface area (Å²) in [7, 11) is -3.79. The number of rotatable bonds is 14. The van der Waals surface area contributed by atoms with Gasteiger partial charge in [-0.2, -0.15) is 0 Å². The monoisotopic (exact) mass is 589 g/mol. The van der Waals surface area contributed by atoms with E-state index in [2.05, 4.69) is 15.0 Å². The first-order chi connectivity index (χ1) is 20.4. The van der Waals surface area contributed by atoms with Gasteiger partial charge in [-0.1, -0.05) is 43.9 Å². The van der Waals surface area contributed by atoms with E-state index in [4.69, 9.17) is 0 Å². The molecule has 10 heteroatoms. The van der Waals surface area contributed by atoms with E-state index < -0.39 is 16.1 Å². The highest BCUT2D eigenvalue weighted by molar-refractivity contribution is 7.92. The summed E-state index contributed by atoms with van der Waals surface area (Å²) < 4.78 is 31.9. The number of imidazole rings is 1. The van der Waals surface area contributed by atoms with Crippen molar-refractivity contribution in [3.63, 3.8) is 0 Å². The highest BCUT2D eigenvalue weighted by Crippen LogP contribution is 2.28. The molecule has 2 aromatic carbocycles. The highest BCUT2D eigenvalue weighted by Gasteiger charge is 2.16. The van der Waals surface area contributed by atoms with Crippen LogP contribution in [0, 0.1) is 5.92 Å². The first kappa shape index (κ1) is 29.8. The molecule has 0 spiro atoms. The number of hydrogen-bond acceptors (Lipinski definition) is 6. The van der Waals surface area contributed by atoms with E-state index in [9.17, 15) is 18.3 Å². The molecule has 222 valence electrons. The van der Waals surface area contributed by atoms with E-state index in [1.165, 1.54) is 37.8 Å². The lowest BCUT2D eigenvalue weighted by atomic mass is 10.0. The number of aliphatic hydroxyl groups excluding tert-OH is 1. The third-order valence-electron chi connectivity index (χ3n) is 7.96. The molecule has 1 saturated carbocycles. The van der Waals surface area contributed by atoms with E-state index >= 15 is 0 Å². The second-order valence-electron chi connectivity index (χ2n) is 11.0. The van der Waals surface area contributed by atoms with Gasteiger partial charge in [0.1, 0.15) is 0 Å². The predicted octanol–water partition coefficient (Wildman–Crippen LogP) is 4.67. The van der Waals surface area contributed by atoms with Crippen LogP contribution < -0.4 is 15.7 Å². The third kappa shape index (κ3) is 7.76. The van der Waals surface area contributed by atoms with E-state index in [1.807, 2.05) is 18.2 Å². The Kier molecular flexibility index (Phi) is 9.89. The molecule has 3 N–H and O–H groups in total. The number of nitrogens with one attached hydrogen (secondary N) is 2. The van der Waals surface area contributed by atoms with E-state index in [-0.39, 0.29) is 10.6 Å². The smallest absolute Gasteiger partial charge is 0.332 e. The summed E-state index contributed by atoms with van der Waals surface area (Å²) in [4.78, 5) is 17.0. The first-order valence-corrected chi connectivity index (χ1v) is 16.2. The summed E-state index contributed by atoms with van der Waals surface area (Å²) in [5.41, 5.74) is 2.79. The van der Waals surface area contributed by atoms with Crippen molar-refractivity contribution in [3.05, 3.63) is 107 Å². The van der Waals surface area contributed by atoms with E-state index in [0.717, 1.165) is 36.3 Å². The van der Waals surface area contributed by atoms with Crippen LogP contribution in [0.5, 0.6) is 0 Å². The first-order valence-electron chi connectivity index (χ1n) is 14.7. The zero-order valence-electron chi connectivity index (χ0n) is 23.7. The molecule has 0 amide bonds. The van der Waals surface area contributed by atoms with Crippen molar-refractivity contribution in [1.29, 1.82) is 0 Å². The molecule has 5 rings (SSSR count). The number of anilines is 1. The van der Waals surface area contributed by atoms with Gasteiger partial charge in [0.25, 0.3) is 10.0 Å². The third-order valence-corrected chi connectivity index (χ3v) is 9.36. The molecule has 9 nitrogen and oxygen atoms in total. The maximum atomic E-state index is 13.0. The fourth-order valence-corrected chi connectivity index (χ4v) is 6.59. The Morgan fingerprint density at radius 1 is 1.00 bits per heavy atom. The summed E-state index contributed by atoms with van der Waals surface area (Å²) in [6.45, 7) is 1.79. The van der Waals surface area contributed by atoms with Crippen LogP contribution in [0.3, 0.4) is 0 Å². The topological polar surface area (TPSA) is 118 Å². The van der Waals surface area contributed by atoms with Crippen LogP contribution in [0.4, 0.5) is 5.69 Å². The lowest BCUT2D eigenvalue weighted by Gasteiger charge is -2.12. The Morgan fingerprint density at radius 3 is 2.48 bits per heavy atom. The van der Waals surface area contributed by atoms with E-state index in [1.54, 1.807) is 64.3 Å². The van der Waals surface area contributed by atoms with Crippen molar-refractivity contribution < 1.29 is 13.5 Å². The molecule has 0 aliphatic heterocycles. The van der Waals surface area contributed by atoms with Gasteiger partial charge in [-0.05, 0) is 79.8 Å². The zero-order valence-corrected chi connectivity index (χ0v) is 24.5. The molecule has 42 heavy (non-hydrogen) atoms. The van der Waals surface area contributed by atoms with Crippen molar-refractivity contribution >= 4 is 15.7 Å². The molecule has 0 unspecified atom stereocenters. The van der Waals surface area contributed by atoms with Crippen molar-refractivity contribution in [2.24, 2.45) is 5.92 Å². The average Bonchev–Trinajstić information content (AvgIpc) is 3.66. The second-order valence-corrected chi connectivity index (χ2v) is 12.7. The summed E-state index contributed by atoms with van der Waals surface area (Å²) in [6, 6.07) is 17.2. The average molecular weight is 590 g/mol. The van der Waals surface area contributed by atoms with Crippen LogP contribution in [0.25, 0.3) is 5.69 Å². The minimum absolute atomic E-state index is 0.116. The number of aryl methyl sites for hydroxylation is 1. The molecule has 0 saturated heterocycles. The van der Waals surface area contributed by atoms with Gasteiger partial charge in [-0.15, -0.1) is 0 Å². The minimum Gasteiger partial charge on any atom is -0.387 e. The maximum absolute atomic E-state index is 13.0. The number of pyridine rings is 1. The summed E-state index contributed by atoms with van der Waals surface area (Å²) in [5, 5.41) is 13.5. The molecular formula is C32H39N5O4S. The normalized spacial score (nSPS) is 14.7. The summed E-state index contributed by atoms with van der Waals surface area (Å²) >= 11 is 0. The lowest BCUT2D eigenvalue weighted by Crippen LogP contribution is -2.23. The van der Waals surface area contributed by atoms with Crippen molar-refractivity contribution in [2.45, 2.75) is 62.5 Å². The maximum Gasteiger partial charge on any atom is 0.332 e. The Labute approximate surface area is 247 Å². The molecule has 0 radical (unpaired) electrons. The predicted molar refractivity (Wildman–Crippen MR) is 164 cm³/mol. The van der Waals surface area contributed by atoms with Crippen LogP contribution in [0.1, 0.15) is 55.8 Å². The summed E-state index contributed by atoms with van der Waals surface area (Å²) in [6.07, 6.45) is 14.4. The molecule has 2 aromatic heterocycles. The Bertz CT molecular complexity index is 1580. The number of benzene rings is 2. The number of hydrogen-bond donors (Lipinski definition) is 3. The minimum atomic E-state index is -3.79. The summed E-state index contributed by atoms with van der Waals surface area (Å²) in [5.74, 6) is 0.801. The molecular weight excluding hydrogens is 550 g/mol. The quantitative estimate of drug-likeness (QED) is 0.184. The molecule has 4 aromatic rings. The fraction of sp³-hybridized carbons (Fsp3) is 0.375. The zero-order chi connectivity index (χ0) is 29.4. The van der Waals surface area contributed by atoms with Crippen LogP contribution >= 0.6 is 0 Å². The van der Waals surface area contributed by atoms with Crippen LogP contribution in [-0.2, 0) is 23.0 Å². The Hall–Kier alpha value is -3.73. The van der Waals surface area contributed by atoms with Gasteiger partial charge in [-0.25, -0.2) is 13.2 Å². The van der Waals surface area contributed by atoms with Crippen molar-refractivity contribution in [1.82, 2.24) is 19.4 Å².